The van der Waals surface area contributed by atoms with Crippen LogP contribution in [0.15, 0.2) is 119 Å². The number of carbonyl (C=O) groups excluding carboxylic acids is 1. The molecule has 0 spiro atoms. The number of hydrogen-bond donors (Lipinski definition) is 1. The number of hydrazone groups is 1. The van der Waals surface area contributed by atoms with Crippen LogP contribution in [-0.4, -0.2) is 32.6 Å². The quantitative estimate of drug-likeness (QED) is 0.123. The van der Waals surface area contributed by atoms with Gasteiger partial charge in [0.05, 0.1) is 12.0 Å². The number of nitrogens with one attached hydrogen (secondary N) is 1. The molecule has 194 valence electrons. The number of ether oxygens (including phenoxy) is 1. The molecule has 1 amide bonds. The van der Waals surface area contributed by atoms with E-state index in [1.807, 2.05) is 114 Å². The minimum Gasteiger partial charge on any atom is -0.489 e. The zero-order valence-corrected chi connectivity index (χ0v) is 22.3. The average Bonchev–Trinajstić information content (AvgIpc) is 3.41. The molecule has 0 aliphatic heterocycles. The maximum absolute atomic E-state index is 12.6. The van der Waals surface area contributed by atoms with E-state index in [4.69, 9.17) is 16.3 Å². The number of aromatic nitrogens is 3. The summed E-state index contributed by atoms with van der Waals surface area (Å²) in [5.41, 5.74) is 6.24. The van der Waals surface area contributed by atoms with E-state index in [0.29, 0.717) is 22.6 Å². The Kier molecular flexibility index (Phi) is 8.68. The molecule has 39 heavy (non-hydrogen) atoms. The summed E-state index contributed by atoms with van der Waals surface area (Å²) in [6.45, 7) is 0.475. The van der Waals surface area contributed by atoms with Gasteiger partial charge in [0.25, 0.3) is 5.91 Å². The van der Waals surface area contributed by atoms with Crippen LogP contribution in [0.4, 0.5) is 0 Å². The maximum atomic E-state index is 12.6. The molecule has 0 aliphatic rings. The minimum atomic E-state index is -0.261. The summed E-state index contributed by atoms with van der Waals surface area (Å²) in [7, 11) is 0. The fourth-order valence-electron chi connectivity index (χ4n) is 3.73. The summed E-state index contributed by atoms with van der Waals surface area (Å²) in [4.78, 5) is 12.6. The van der Waals surface area contributed by atoms with Gasteiger partial charge < -0.3 is 4.74 Å². The Hall–Kier alpha value is -4.40. The lowest BCUT2D eigenvalue weighted by Crippen LogP contribution is -2.20. The van der Waals surface area contributed by atoms with Crippen LogP contribution in [-0.2, 0) is 11.4 Å². The molecule has 7 nitrogen and oxygen atoms in total. The number of carbonyl (C=O) groups is 1. The molecule has 4 aromatic carbocycles. The molecule has 0 aliphatic carbocycles. The first kappa shape index (κ1) is 26.2. The monoisotopic (exact) mass is 553 g/mol. The number of para-hydroxylation sites is 1. The lowest BCUT2D eigenvalue weighted by molar-refractivity contribution is -0.118. The van der Waals surface area contributed by atoms with E-state index in [1.54, 1.807) is 6.21 Å². The molecule has 1 heterocycles. The van der Waals surface area contributed by atoms with Gasteiger partial charge in [-0.05, 0) is 59.7 Å². The van der Waals surface area contributed by atoms with Crippen molar-refractivity contribution in [3.8, 4) is 22.8 Å². The number of rotatable bonds is 10. The summed E-state index contributed by atoms with van der Waals surface area (Å²) in [6.07, 6.45) is 1.59. The molecule has 0 saturated carbocycles. The topological polar surface area (TPSA) is 81.4 Å². The van der Waals surface area contributed by atoms with Crippen LogP contribution in [0, 0.1) is 0 Å². The Labute approximate surface area is 235 Å². The highest BCUT2D eigenvalue weighted by atomic mass is 35.5. The summed E-state index contributed by atoms with van der Waals surface area (Å²) in [5.74, 6) is 1.24. The van der Waals surface area contributed by atoms with Crippen molar-refractivity contribution in [3.05, 3.63) is 125 Å². The molecular weight excluding hydrogens is 530 g/mol. The zero-order chi connectivity index (χ0) is 26.9. The first-order valence-corrected chi connectivity index (χ1v) is 13.5. The second-order valence-electron chi connectivity index (χ2n) is 8.41. The van der Waals surface area contributed by atoms with Gasteiger partial charge >= 0.3 is 0 Å². The number of benzene rings is 4. The van der Waals surface area contributed by atoms with E-state index in [-0.39, 0.29) is 11.7 Å². The Morgan fingerprint density at radius 2 is 1.67 bits per heavy atom. The van der Waals surface area contributed by atoms with Crippen molar-refractivity contribution in [1.82, 2.24) is 20.2 Å². The van der Waals surface area contributed by atoms with Crippen LogP contribution < -0.4 is 10.2 Å². The lowest BCUT2D eigenvalue weighted by Gasteiger charge is -2.10. The first-order valence-electron chi connectivity index (χ1n) is 12.1. The standard InChI is InChI=1S/C30H24ClN5O2S/c31-25-16-14-24(15-17-25)29-34-35-30(36(29)26-11-5-2-6-12-26)39-21-28(37)33-32-19-23-10-7-13-27(18-23)38-20-22-8-3-1-4-9-22/h1-19H,20-21H2,(H,33,37)/b32-19-. The van der Waals surface area contributed by atoms with Crippen LogP contribution in [0.2, 0.25) is 5.02 Å². The summed E-state index contributed by atoms with van der Waals surface area (Å²) >= 11 is 7.34. The Bertz CT molecular complexity index is 1560. The van der Waals surface area contributed by atoms with Crippen molar-refractivity contribution in [2.45, 2.75) is 11.8 Å². The molecule has 0 unspecified atom stereocenters. The van der Waals surface area contributed by atoms with E-state index in [0.717, 1.165) is 28.1 Å². The molecule has 0 atom stereocenters. The zero-order valence-electron chi connectivity index (χ0n) is 20.8. The second-order valence-corrected chi connectivity index (χ2v) is 9.79. The van der Waals surface area contributed by atoms with Gasteiger partial charge in [0, 0.05) is 16.3 Å². The third kappa shape index (κ3) is 7.13. The van der Waals surface area contributed by atoms with Crippen molar-refractivity contribution >= 4 is 35.5 Å². The first-order chi connectivity index (χ1) is 19.2. The molecule has 9 heteroatoms. The van der Waals surface area contributed by atoms with Crippen LogP contribution in [0.3, 0.4) is 0 Å². The van der Waals surface area contributed by atoms with E-state index < -0.39 is 0 Å². The normalized spacial score (nSPS) is 11.0. The van der Waals surface area contributed by atoms with Gasteiger partial charge in [0.1, 0.15) is 12.4 Å². The van der Waals surface area contributed by atoms with Crippen molar-refractivity contribution in [2.24, 2.45) is 5.10 Å². The van der Waals surface area contributed by atoms with Crippen LogP contribution >= 0.6 is 23.4 Å². The molecule has 0 bridgehead atoms. The smallest absolute Gasteiger partial charge is 0.250 e. The fraction of sp³-hybridized carbons (Fsp3) is 0.0667. The van der Waals surface area contributed by atoms with E-state index in [9.17, 15) is 4.79 Å². The average molecular weight is 554 g/mol. The molecule has 5 aromatic rings. The van der Waals surface area contributed by atoms with Gasteiger partial charge in [0.15, 0.2) is 11.0 Å². The van der Waals surface area contributed by atoms with Crippen LogP contribution in [0.5, 0.6) is 5.75 Å². The van der Waals surface area contributed by atoms with E-state index >= 15 is 0 Å². The molecule has 0 saturated heterocycles. The number of halogens is 1. The summed E-state index contributed by atoms with van der Waals surface area (Å²) in [5, 5.41) is 14.1. The second kappa shape index (κ2) is 12.9. The molecule has 1 N–H and O–H groups in total. The third-order valence-corrected chi connectivity index (χ3v) is 6.77. The number of hydrogen-bond acceptors (Lipinski definition) is 6. The molecule has 0 fully saturated rings. The van der Waals surface area contributed by atoms with Gasteiger partial charge in [-0.3, -0.25) is 9.36 Å². The van der Waals surface area contributed by atoms with Gasteiger partial charge in [-0.25, -0.2) is 5.43 Å². The van der Waals surface area contributed by atoms with Crippen molar-refractivity contribution in [2.75, 3.05) is 5.75 Å². The highest BCUT2D eigenvalue weighted by molar-refractivity contribution is 7.99. The van der Waals surface area contributed by atoms with Crippen molar-refractivity contribution < 1.29 is 9.53 Å². The maximum Gasteiger partial charge on any atom is 0.250 e. The van der Waals surface area contributed by atoms with E-state index in [1.165, 1.54) is 11.8 Å². The lowest BCUT2D eigenvalue weighted by atomic mass is 10.2. The van der Waals surface area contributed by atoms with Gasteiger partial charge in [-0.1, -0.05) is 84.0 Å². The fourth-order valence-corrected chi connectivity index (χ4v) is 4.60. The minimum absolute atomic E-state index is 0.114. The van der Waals surface area contributed by atoms with Gasteiger partial charge in [-0.2, -0.15) is 5.10 Å². The SMILES string of the molecule is O=C(CSc1nnc(-c2ccc(Cl)cc2)n1-c1ccccc1)N/N=C\c1cccc(OCc2ccccc2)c1. The van der Waals surface area contributed by atoms with Gasteiger partial charge in [0.2, 0.25) is 0 Å². The predicted molar refractivity (Wildman–Crippen MR) is 155 cm³/mol. The summed E-state index contributed by atoms with van der Waals surface area (Å²) < 4.78 is 7.78. The Morgan fingerprint density at radius 3 is 2.44 bits per heavy atom. The highest BCUT2D eigenvalue weighted by Crippen LogP contribution is 2.28. The Morgan fingerprint density at radius 1 is 0.923 bits per heavy atom. The predicted octanol–water partition coefficient (Wildman–Crippen LogP) is 6.41. The largest absolute Gasteiger partial charge is 0.489 e. The third-order valence-electron chi connectivity index (χ3n) is 5.59. The summed E-state index contributed by atoms with van der Waals surface area (Å²) in [6, 6.07) is 34.7. The van der Waals surface area contributed by atoms with Crippen molar-refractivity contribution in [3.63, 3.8) is 0 Å². The Balaban J connectivity index is 1.21. The van der Waals surface area contributed by atoms with Crippen molar-refractivity contribution in [1.29, 1.82) is 0 Å². The molecule has 0 radical (unpaired) electrons. The van der Waals surface area contributed by atoms with Gasteiger partial charge in [-0.15, -0.1) is 10.2 Å². The molecule has 1 aromatic heterocycles. The van der Waals surface area contributed by atoms with Crippen LogP contribution in [0.25, 0.3) is 17.1 Å². The number of nitrogens with zero attached hydrogens (tertiary/aromatic N) is 4. The molecule has 5 rings (SSSR count). The number of thioether (sulfide) groups is 1. The highest BCUT2D eigenvalue weighted by Gasteiger charge is 2.17. The van der Waals surface area contributed by atoms with Crippen LogP contribution in [0.1, 0.15) is 11.1 Å². The molecular formula is C30H24ClN5O2S. The van der Waals surface area contributed by atoms with E-state index in [2.05, 4.69) is 20.7 Å². The number of amides is 1.